The van der Waals surface area contributed by atoms with Gasteiger partial charge in [-0.1, -0.05) is 26.0 Å². The summed E-state index contributed by atoms with van der Waals surface area (Å²) in [6.45, 7) is 5.83. The predicted octanol–water partition coefficient (Wildman–Crippen LogP) is 2.74. The third-order valence-corrected chi connectivity index (χ3v) is 3.14. The van der Waals surface area contributed by atoms with Crippen molar-refractivity contribution < 1.29 is 4.79 Å². The van der Waals surface area contributed by atoms with E-state index in [1.54, 1.807) is 0 Å². The quantitative estimate of drug-likeness (QED) is 0.708. The summed E-state index contributed by atoms with van der Waals surface area (Å²) in [6.07, 6.45) is 4.16. The summed E-state index contributed by atoms with van der Waals surface area (Å²) in [5.41, 5.74) is 7.45. The Kier molecular flexibility index (Phi) is 7.19. The molecule has 0 spiro atoms. The lowest BCUT2D eigenvalue weighted by Crippen LogP contribution is -2.24. The number of nitrogens with one attached hydrogen (secondary N) is 1. The van der Waals surface area contributed by atoms with Crippen molar-refractivity contribution in [1.29, 1.82) is 0 Å². The van der Waals surface area contributed by atoms with Gasteiger partial charge in [-0.25, -0.2) is 0 Å². The molecule has 1 amide bonds. The molecule has 0 aliphatic rings. The number of carbonyl (C=O) groups is 1. The van der Waals surface area contributed by atoms with E-state index in [-0.39, 0.29) is 5.91 Å². The van der Waals surface area contributed by atoms with Crippen molar-refractivity contribution in [1.82, 2.24) is 5.32 Å². The minimum absolute atomic E-state index is 0.00688. The Labute approximate surface area is 116 Å². The number of aryl methyl sites for hydroxylation is 1. The topological polar surface area (TPSA) is 55.1 Å². The second-order valence-electron chi connectivity index (χ2n) is 5.38. The van der Waals surface area contributed by atoms with Crippen molar-refractivity contribution in [2.24, 2.45) is 11.7 Å². The predicted molar refractivity (Wildman–Crippen MR) is 80.2 cm³/mol. The van der Waals surface area contributed by atoms with Gasteiger partial charge in [-0.2, -0.15) is 0 Å². The molecule has 0 unspecified atom stereocenters. The Morgan fingerprint density at radius 1 is 1.21 bits per heavy atom. The number of benzene rings is 1. The lowest BCUT2D eigenvalue weighted by molar-refractivity contribution is 0.0953. The van der Waals surface area contributed by atoms with E-state index in [2.05, 4.69) is 31.3 Å². The molecule has 0 aliphatic carbocycles. The Hall–Kier alpha value is -1.35. The molecule has 1 aromatic carbocycles. The molecule has 0 aliphatic heterocycles. The monoisotopic (exact) mass is 262 g/mol. The Morgan fingerprint density at radius 3 is 2.47 bits per heavy atom. The van der Waals surface area contributed by atoms with Crippen LogP contribution in [-0.2, 0) is 6.42 Å². The molecule has 0 bridgehead atoms. The van der Waals surface area contributed by atoms with Gasteiger partial charge >= 0.3 is 0 Å². The van der Waals surface area contributed by atoms with Crippen LogP contribution < -0.4 is 11.1 Å². The van der Waals surface area contributed by atoms with E-state index < -0.39 is 0 Å². The van der Waals surface area contributed by atoms with Gasteiger partial charge in [0.15, 0.2) is 0 Å². The van der Waals surface area contributed by atoms with Crippen LogP contribution in [-0.4, -0.2) is 19.0 Å². The highest BCUT2D eigenvalue weighted by atomic mass is 16.1. The standard InChI is InChI=1S/C16H26N2O/c1-13(2)5-6-14-7-9-15(10-8-14)16(19)18-12-4-3-11-17/h7-10,13H,3-6,11-12,17H2,1-2H3,(H,18,19). The molecule has 0 saturated carbocycles. The van der Waals surface area contributed by atoms with E-state index in [0.29, 0.717) is 19.0 Å². The molecule has 0 heterocycles. The number of unbranched alkanes of at least 4 members (excludes halogenated alkanes) is 1. The molecule has 3 heteroatoms. The van der Waals surface area contributed by atoms with E-state index in [1.807, 2.05) is 12.1 Å². The average molecular weight is 262 g/mol. The summed E-state index contributed by atoms with van der Waals surface area (Å²) < 4.78 is 0. The van der Waals surface area contributed by atoms with Crippen molar-refractivity contribution in [3.05, 3.63) is 35.4 Å². The third-order valence-electron chi connectivity index (χ3n) is 3.14. The zero-order valence-corrected chi connectivity index (χ0v) is 12.1. The van der Waals surface area contributed by atoms with Gasteiger partial charge in [0.2, 0.25) is 0 Å². The van der Waals surface area contributed by atoms with E-state index >= 15 is 0 Å². The van der Waals surface area contributed by atoms with Crippen LogP contribution in [0.25, 0.3) is 0 Å². The summed E-state index contributed by atoms with van der Waals surface area (Å²) in [7, 11) is 0. The van der Waals surface area contributed by atoms with Crippen molar-refractivity contribution in [3.63, 3.8) is 0 Å². The zero-order valence-electron chi connectivity index (χ0n) is 12.1. The van der Waals surface area contributed by atoms with Crippen molar-refractivity contribution in [2.75, 3.05) is 13.1 Å². The highest BCUT2D eigenvalue weighted by Gasteiger charge is 2.04. The van der Waals surface area contributed by atoms with Gasteiger partial charge in [0.1, 0.15) is 0 Å². The van der Waals surface area contributed by atoms with Crippen LogP contribution in [0.4, 0.5) is 0 Å². The van der Waals surface area contributed by atoms with Gasteiger partial charge in [0.05, 0.1) is 0 Å². The fourth-order valence-electron chi connectivity index (χ4n) is 1.85. The lowest BCUT2D eigenvalue weighted by Gasteiger charge is -2.07. The molecule has 0 radical (unpaired) electrons. The van der Waals surface area contributed by atoms with Crippen LogP contribution in [0.2, 0.25) is 0 Å². The molecule has 19 heavy (non-hydrogen) atoms. The second-order valence-corrected chi connectivity index (χ2v) is 5.38. The van der Waals surface area contributed by atoms with Gasteiger partial charge in [0.25, 0.3) is 5.91 Å². The highest BCUT2D eigenvalue weighted by Crippen LogP contribution is 2.10. The Bertz CT molecular complexity index is 371. The maximum atomic E-state index is 11.8. The van der Waals surface area contributed by atoms with Crippen LogP contribution in [0.3, 0.4) is 0 Å². The second kappa shape index (κ2) is 8.70. The molecule has 0 saturated heterocycles. The number of rotatable bonds is 8. The minimum Gasteiger partial charge on any atom is -0.352 e. The van der Waals surface area contributed by atoms with Crippen LogP contribution in [0.5, 0.6) is 0 Å². The third kappa shape index (κ3) is 6.39. The molecule has 106 valence electrons. The van der Waals surface area contributed by atoms with Crippen LogP contribution in [0.1, 0.15) is 49.0 Å². The fourth-order valence-corrected chi connectivity index (χ4v) is 1.85. The van der Waals surface area contributed by atoms with Gasteiger partial charge < -0.3 is 11.1 Å². The van der Waals surface area contributed by atoms with E-state index in [4.69, 9.17) is 5.73 Å². The summed E-state index contributed by atoms with van der Waals surface area (Å²) in [6, 6.07) is 7.93. The van der Waals surface area contributed by atoms with Gasteiger partial charge in [-0.05, 0) is 55.8 Å². The fraction of sp³-hybridized carbons (Fsp3) is 0.562. The highest BCUT2D eigenvalue weighted by molar-refractivity contribution is 5.94. The van der Waals surface area contributed by atoms with Crippen LogP contribution >= 0.6 is 0 Å². The summed E-state index contributed by atoms with van der Waals surface area (Å²) in [4.78, 5) is 11.8. The maximum absolute atomic E-state index is 11.8. The van der Waals surface area contributed by atoms with Gasteiger partial charge in [-0.3, -0.25) is 4.79 Å². The molecular weight excluding hydrogens is 236 g/mol. The van der Waals surface area contributed by atoms with E-state index in [1.165, 1.54) is 12.0 Å². The molecule has 0 aromatic heterocycles. The number of hydrogen-bond acceptors (Lipinski definition) is 2. The van der Waals surface area contributed by atoms with Crippen LogP contribution in [0.15, 0.2) is 24.3 Å². The first-order valence-electron chi connectivity index (χ1n) is 7.20. The molecule has 1 aromatic rings. The first kappa shape index (κ1) is 15.7. The molecule has 3 nitrogen and oxygen atoms in total. The van der Waals surface area contributed by atoms with E-state index in [9.17, 15) is 4.79 Å². The molecule has 0 fully saturated rings. The molecule has 3 N–H and O–H groups in total. The van der Waals surface area contributed by atoms with Gasteiger partial charge in [-0.15, -0.1) is 0 Å². The van der Waals surface area contributed by atoms with E-state index in [0.717, 1.165) is 24.8 Å². The van der Waals surface area contributed by atoms with Crippen molar-refractivity contribution >= 4 is 5.91 Å². The molecular formula is C16H26N2O. The normalized spacial score (nSPS) is 10.7. The lowest BCUT2D eigenvalue weighted by atomic mass is 10.0. The molecule has 1 rings (SSSR count). The number of carbonyl (C=O) groups excluding carboxylic acids is 1. The number of nitrogens with two attached hydrogens (primary N) is 1. The number of amides is 1. The first-order chi connectivity index (χ1) is 9.13. The Balaban J connectivity index is 2.40. The van der Waals surface area contributed by atoms with Crippen LogP contribution in [0, 0.1) is 5.92 Å². The van der Waals surface area contributed by atoms with Crippen molar-refractivity contribution in [2.45, 2.75) is 39.5 Å². The minimum atomic E-state index is 0.00688. The first-order valence-corrected chi connectivity index (χ1v) is 7.20. The smallest absolute Gasteiger partial charge is 0.251 e. The summed E-state index contributed by atoms with van der Waals surface area (Å²) in [5, 5.41) is 2.91. The maximum Gasteiger partial charge on any atom is 0.251 e. The Morgan fingerprint density at radius 2 is 1.89 bits per heavy atom. The largest absolute Gasteiger partial charge is 0.352 e. The SMILES string of the molecule is CC(C)CCc1ccc(C(=O)NCCCCN)cc1. The average Bonchev–Trinajstić information content (AvgIpc) is 2.41. The summed E-state index contributed by atoms with van der Waals surface area (Å²) in [5.74, 6) is 0.720. The summed E-state index contributed by atoms with van der Waals surface area (Å²) >= 11 is 0. The van der Waals surface area contributed by atoms with Gasteiger partial charge in [0, 0.05) is 12.1 Å². The van der Waals surface area contributed by atoms with Crippen molar-refractivity contribution in [3.8, 4) is 0 Å². The molecule has 0 atom stereocenters. The number of hydrogen-bond donors (Lipinski definition) is 2. The zero-order chi connectivity index (χ0) is 14.1.